The van der Waals surface area contributed by atoms with Gasteiger partial charge in [0.05, 0.1) is 12.8 Å². The first-order chi connectivity index (χ1) is 9.81. The summed E-state index contributed by atoms with van der Waals surface area (Å²) in [5.74, 6) is 0.189. The van der Waals surface area contributed by atoms with Crippen LogP contribution in [0.5, 0.6) is 5.88 Å². The van der Waals surface area contributed by atoms with Crippen LogP contribution in [0.4, 0.5) is 11.6 Å². The van der Waals surface area contributed by atoms with Gasteiger partial charge in [-0.25, -0.2) is 18.1 Å². The van der Waals surface area contributed by atoms with E-state index in [1.165, 1.54) is 19.2 Å². The Kier molecular flexibility index (Phi) is 4.33. The Hall–Kier alpha value is -1.87. The number of benzene rings is 1. The molecule has 0 aliphatic heterocycles. The van der Waals surface area contributed by atoms with Crippen molar-refractivity contribution in [3.63, 3.8) is 0 Å². The molecule has 1 aromatic heterocycles. The first-order valence-corrected chi connectivity index (χ1v) is 8.07. The molecule has 0 aliphatic rings. The maximum absolute atomic E-state index is 12.4. The molecule has 2 aromatic rings. The van der Waals surface area contributed by atoms with Crippen LogP contribution in [0.15, 0.2) is 33.6 Å². The Balaban J connectivity index is 2.42. The average molecular weight is 373 g/mol. The number of nitrogens with one attached hydrogen (secondary N) is 1. The number of aromatic nitrogens is 2. The zero-order valence-electron chi connectivity index (χ0n) is 11.3. The van der Waals surface area contributed by atoms with Crippen molar-refractivity contribution in [3.05, 3.63) is 34.4 Å². The number of ether oxygens (including phenoxy) is 1. The maximum atomic E-state index is 12.4. The van der Waals surface area contributed by atoms with E-state index in [0.717, 1.165) is 0 Å². The summed E-state index contributed by atoms with van der Waals surface area (Å²) in [6.07, 6.45) is 0. The summed E-state index contributed by atoms with van der Waals surface area (Å²) in [7, 11) is -2.46. The predicted octanol–water partition coefficient (Wildman–Crippen LogP) is 1.94. The van der Waals surface area contributed by atoms with Crippen LogP contribution in [0.2, 0.25) is 0 Å². The van der Waals surface area contributed by atoms with Gasteiger partial charge < -0.3 is 10.5 Å². The van der Waals surface area contributed by atoms with E-state index < -0.39 is 10.0 Å². The molecule has 0 bridgehead atoms. The summed E-state index contributed by atoms with van der Waals surface area (Å²) in [6.45, 7) is 1.70. The van der Waals surface area contributed by atoms with E-state index >= 15 is 0 Å². The molecule has 0 aliphatic carbocycles. The number of anilines is 2. The molecule has 9 heteroatoms. The zero-order valence-corrected chi connectivity index (χ0v) is 13.7. The van der Waals surface area contributed by atoms with E-state index in [1.54, 1.807) is 19.1 Å². The van der Waals surface area contributed by atoms with Gasteiger partial charge in [0.25, 0.3) is 10.0 Å². The molecule has 0 atom stereocenters. The summed E-state index contributed by atoms with van der Waals surface area (Å²) in [4.78, 5) is 7.89. The van der Waals surface area contributed by atoms with E-state index in [0.29, 0.717) is 10.2 Å². The normalized spacial score (nSPS) is 11.2. The Morgan fingerprint density at radius 3 is 2.67 bits per heavy atom. The van der Waals surface area contributed by atoms with Crippen molar-refractivity contribution < 1.29 is 13.2 Å². The smallest absolute Gasteiger partial charge is 0.266 e. The molecular formula is C12H13BrN4O3S. The van der Waals surface area contributed by atoms with Crippen LogP contribution in [0.3, 0.4) is 0 Å². The Morgan fingerprint density at radius 2 is 2.00 bits per heavy atom. The highest BCUT2D eigenvalue weighted by atomic mass is 79.9. The van der Waals surface area contributed by atoms with Crippen molar-refractivity contribution in [1.29, 1.82) is 0 Å². The van der Waals surface area contributed by atoms with Crippen molar-refractivity contribution in [1.82, 2.24) is 9.97 Å². The van der Waals surface area contributed by atoms with Crippen molar-refractivity contribution in [2.45, 2.75) is 11.8 Å². The number of halogens is 1. The molecule has 2 rings (SSSR count). The third kappa shape index (κ3) is 3.61. The number of rotatable bonds is 4. The largest absolute Gasteiger partial charge is 0.481 e. The van der Waals surface area contributed by atoms with Gasteiger partial charge in [0, 0.05) is 16.2 Å². The van der Waals surface area contributed by atoms with Gasteiger partial charge in [-0.15, -0.1) is 0 Å². The molecule has 0 radical (unpaired) electrons. The fourth-order valence-electron chi connectivity index (χ4n) is 1.61. The van der Waals surface area contributed by atoms with Crippen molar-refractivity contribution in [2.24, 2.45) is 0 Å². The van der Waals surface area contributed by atoms with Gasteiger partial charge >= 0.3 is 0 Å². The first-order valence-electron chi connectivity index (χ1n) is 5.79. The SMILES string of the molecule is COc1cc(C)nc(NS(=O)(=O)c2cc(Br)ccc2N)n1. The third-order valence-electron chi connectivity index (χ3n) is 2.53. The van der Waals surface area contributed by atoms with E-state index in [2.05, 4.69) is 30.6 Å². The molecule has 0 saturated carbocycles. The molecule has 112 valence electrons. The topological polar surface area (TPSA) is 107 Å². The standard InChI is InChI=1S/C12H13BrN4O3S/c1-7-5-11(20-2)16-12(15-7)17-21(18,19)10-6-8(13)3-4-9(10)14/h3-6H,14H2,1-2H3,(H,15,16,17). The van der Waals surface area contributed by atoms with Crippen molar-refractivity contribution in [2.75, 3.05) is 17.6 Å². The number of nitrogen functional groups attached to an aromatic ring is 1. The van der Waals surface area contributed by atoms with Gasteiger partial charge in [-0.05, 0) is 25.1 Å². The van der Waals surface area contributed by atoms with Gasteiger partial charge in [0.15, 0.2) is 0 Å². The Bertz CT molecular complexity index is 780. The lowest BCUT2D eigenvalue weighted by Crippen LogP contribution is -2.17. The molecule has 3 N–H and O–H groups in total. The number of hydrogen-bond donors (Lipinski definition) is 2. The van der Waals surface area contributed by atoms with E-state index in [9.17, 15) is 8.42 Å². The summed E-state index contributed by atoms with van der Waals surface area (Å²) in [5, 5.41) is 0. The summed E-state index contributed by atoms with van der Waals surface area (Å²) in [5.41, 5.74) is 6.41. The highest BCUT2D eigenvalue weighted by Crippen LogP contribution is 2.24. The monoisotopic (exact) mass is 372 g/mol. The fourth-order valence-corrected chi connectivity index (χ4v) is 3.22. The molecule has 1 heterocycles. The summed E-state index contributed by atoms with van der Waals surface area (Å²) in [6, 6.07) is 6.15. The van der Waals surface area contributed by atoms with Gasteiger partial charge in [0.2, 0.25) is 11.8 Å². The highest BCUT2D eigenvalue weighted by Gasteiger charge is 2.19. The lowest BCUT2D eigenvalue weighted by atomic mass is 10.3. The zero-order chi connectivity index (χ0) is 15.6. The van der Waals surface area contributed by atoms with Gasteiger partial charge in [-0.1, -0.05) is 15.9 Å². The number of nitrogens with zero attached hydrogens (tertiary/aromatic N) is 2. The van der Waals surface area contributed by atoms with Crippen LogP contribution < -0.4 is 15.2 Å². The van der Waals surface area contributed by atoms with Crippen molar-refractivity contribution in [3.8, 4) is 5.88 Å². The minimum Gasteiger partial charge on any atom is -0.481 e. The van der Waals surface area contributed by atoms with Gasteiger partial charge in [-0.2, -0.15) is 4.98 Å². The van der Waals surface area contributed by atoms with Crippen LogP contribution in [-0.4, -0.2) is 25.5 Å². The summed E-state index contributed by atoms with van der Waals surface area (Å²) < 4.78 is 32.6. The highest BCUT2D eigenvalue weighted by molar-refractivity contribution is 9.10. The molecule has 0 spiro atoms. The summed E-state index contributed by atoms with van der Waals surface area (Å²) >= 11 is 3.21. The first kappa shape index (κ1) is 15.5. The molecule has 0 amide bonds. The van der Waals surface area contributed by atoms with E-state index in [1.807, 2.05) is 0 Å². The molecule has 1 aromatic carbocycles. The molecule has 0 fully saturated rings. The lowest BCUT2D eigenvalue weighted by Gasteiger charge is -2.10. The van der Waals surface area contributed by atoms with Crippen LogP contribution in [0.25, 0.3) is 0 Å². The van der Waals surface area contributed by atoms with Gasteiger partial charge in [-0.3, -0.25) is 0 Å². The van der Waals surface area contributed by atoms with Crippen LogP contribution in [-0.2, 0) is 10.0 Å². The van der Waals surface area contributed by atoms with E-state index in [-0.39, 0.29) is 22.4 Å². The van der Waals surface area contributed by atoms with Gasteiger partial charge in [0.1, 0.15) is 4.90 Å². The second-order valence-electron chi connectivity index (χ2n) is 4.16. The number of nitrogens with two attached hydrogens (primary N) is 1. The maximum Gasteiger partial charge on any atom is 0.266 e. The van der Waals surface area contributed by atoms with Crippen LogP contribution in [0.1, 0.15) is 5.69 Å². The molecule has 0 saturated heterocycles. The molecule has 21 heavy (non-hydrogen) atoms. The fraction of sp³-hybridized carbons (Fsp3) is 0.167. The number of aryl methyl sites for hydroxylation is 1. The minimum absolute atomic E-state index is 0.0547. The second-order valence-corrected chi connectivity index (χ2v) is 6.73. The quantitative estimate of drug-likeness (QED) is 0.794. The Morgan fingerprint density at radius 1 is 1.29 bits per heavy atom. The lowest BCUT2D eigenvalue weighted by molar-refractivity contribution is 0.397. The van der Waals surface area contributed by atoms with Crippen LogP contribution in [0, 0.1) is 6.92 Å². The Labute approximate surface area is 130 Å². The molecular weight excluding hydrogens is 360 g/mol. The predicted molar refractivity (Wildman–Crippen MR) is 82.7 cm³/mol. The van der Waals surface area contributed by atoms with Crippen LogP contribution >= 0.6 is 15.9 Å². The third-order valence-corrected chi connectivity index (χ3v) is 4.41. The van der Waals surface area contributed by atoms with E-state index in [4.69, 9.17) is 10.5 Å². The molecule has 0 unspecified atom stereocenters. The molecule has 7 nitrogen and oxygen atoms in total. The number of sulfonamides is 1. The second kappa shape index (κ2) is 5.86. The minimum atomic E-state index is -3.89. The number of hydrogen-bond acceptors (Lipinski definition) is 6. The average Bonchev–Trinajstić information content (AvgIpc) is 2.40. The number of methoxy groups -OCH3 is 1. The van der Waals surface area contributed by atoms with Crippen molar-refractivity contribution >= 4 is 37.6 Å².